The molecule has 1 aliphatic rings. The second-order valence-electron chi connectivity index (χ2n) is 9.00. The number of para-hydroxylation sites is 1. The lowest BCUT2D eigenvalue weighted by atomic mass is 10.1. The van der Waals surface area contributed by atoms with Gasteiger partial charge in [-0.2, -0.15) is 0 Å². The summed E-state index contributed by atoms with van der Waals surface area (Å²) in [5.74, 6) is 1.21. The Kier molecular flexibility index (Phi) is 7.73. The van der Waals surface area contributed by atoms with Gasteiger partial charge in [0.1, 0.15) is 0 Å². The van der Waals surface area contributed by atoms with Crippen molar-refractivity contribution in [3.05, 3.63) is 90.3 Å². The van der Waals surface area contributed by atoms with Crippen molar-refractivity contribution in [1.29, 1.82) is 0 Å². The molecule has 0 unspecified atom stereocenters. The van der Waals surface area contributed by atoms with Crippen molar-refractivity contribution in [2.75, 3.05) is 31.9 Å². The van der Waals surface area contributed by atoms with Crippen LogP contribution in [0.5, 0.6) is 0 Å². The van der Waals surface area contributed by atoms with Gasteiger partial charge in [0.2, 0.25) is 5.91 Å². The molecule has 0 N–H and O–H groups in total. The average molecular weight is 499 g/mol. The highest BCUT2D eigenvalue weighted by atomic mass is 32.2. The fourth-order valence-electron chi connectivity index (χ4n) is 4.41. The molecular weight excluding hydrogens is 468 g/mol. The van der Waals surface area contributed by atoms with E-state index in [0.717, 1.165) is 56.2 Å². The summed E-state index contributed by atoms with van der Waals surface area (Å²) in [5, 5.41) is 9.61. The third-order valence-corrected chi connectivity index (χ3v) is 7.29. The third kappa shape index (κ3) is 5.83. The van der Waals surface area contributed by atoms with Crippen molar-refractivity contribution >= 4 is 17.7 Å². The Labute approximate surface area is 216 Å². The summed E-state index contributed by atoms with van der Waals surface area (Å²) in [7, 11) is 0. The summed E-state index contributed by atoms with van der Waals surface area (Å²) in [6.07, 6.45) is 4.48. The van der Waals surface area contributed by atoms with E-state index in [2.05, 4.69) is 51.3 Å². The lowest BCUT2D eigenvalue weighted by molar-refractivity contribution is -0.128. The highest BCUT2D eigenvalue weighted by molar-refractivity contribution is 7.99. The molecule has 1 aliphatic heterocycles. The monoisotopic (exact) mass is 498 g/mol. The van der Waals surface area contributed by atoms with Crippen LogP contribution in [-0.2, 0) is 11.3 Å². The first-order valence-electron chi connectivity index (χ1n) is 12.3. The molecule has 3 heterocycles. The van der Waals surface area contributed by atoms with Gasteiger partial charge in [-0.3, -0.25) is 19.2 Å². The molecule has 2 aromatic heterocycles. The van der Waals surface area contributed by atoms with Crippen molar-refractivity contribution < 1.29 is 4.79 Å². The molecule has 0 radical (unpaired) electrons. The number of pyridine rings is 1. The standard InChI is InChI=1S/C28H30N6OS/c1-22-8-10-23(11-9-22)20-32-16-5-17-33(19-18-32)26(35)21-36-28-31-30-27(24-12-14-29-15-13-24)34(28)25-6-3-2-4-7-25/h2-4,6-15H,5,16-21H2,1H3. The molecule has 1 saturated heterocycles. The van der Waals surface area contributed by atoms with E-state index in [9.17, 15) is 4.79 Å². The van der Waals surface area contributed by atoms with Crippen LogP contribution in [-0.4, -0.2) is 67.4 Å². The van der Waals surface area contributed by atoms with Gasteiger partial charge in [-0.25, -0.2) is 0 Å². The Morgan fingerprint density at radius 1 is 0.889 bits per heavy atom. The van der Waals surface area contributed by atoms with E-state index in [1.165, 1.54) is 22.9 Å². The van der Waals surface area contributed by atoms with E-state index in [-0.39, 0.29) is 5.91 Å². The lowest BCUT2D eigenvalue weighted by Crippen LogP contribution is -2.36. The number of hydrogen-bond acceptors (Lipinski definition) is 6. The summed E-state index contributed by atoms with van der Waals surface area (Å²) in [4.78, 5) is 21.7. The number of hydrogen-bond donors (Lipinski definition) is 0. The Morgan fingerprint density at radius 2 is 1.67 bits per heavy atom. The Hall–Kier alpha value is -3.49. The van der Waals surface area contributed by atoms with E-state index >= 15 is 0 Å². The summed E-state index contributed by atoms with van der Waals surface area (Å²) in [6.45, 7) is 6.46. The van der Waals surface area contributed by atoms with Crippen LogP contribution in [0.25, 0.3) is 17.1 Å². The SMILES string of the molecule is Cc1ccc(CN2CCCN(C(=O)CSc3nnc(-c4ccncc4)n3-c3ccccc3)CC2)cc1. The fourth-order valence-corrected chi connectivity index (χ4v) is 5.26. The second-order valence-corrected chi connectivity index (χ2v) is 9.94. The van der Waals surface area contributed by atoms with E-state index in [1.54, 1.807) is 12.4 Å². The van der Waals surface area contributed by atoms with E-state index < -0.39 is 0 Å². The van der Waals surface area contributed by atoms with Crippen LogP contribution in [0.2, 0.25) is 0 Å². The highest BCUT2D eigenvalue weighted by Crippen LogP contribution is 2.28. The maximum absolute atomic E-state index is 13.2. The summed E-state index contributed by atoms with van der Waals surface area (Å²) >= 11 is 1.44. The van der Waals surface area contributed by atoms with Gasteiger partial charge in [-0.1, -0.05) is 59.8 Å². The molecule has 0 bridgehead atoms. The molecule has 36 heavy (non-hydrogen) atoms. The molecule has 0 aliphatic carbocycles. The quantitative estimate of drug-likeness (QED) is 0.351. The second kappa shape index (κ2) is 11.5. The van der Waals surface area contributed by atoms with Gasteiger partial charge in [-0.15, -0.1) is 10.2 Å². The summed E-state index contributed by atoms with van der Waals surface area (Å²) in [6, 6.07) is 22.6. The van der Waals surface area contributed by atoms with Crippen molar-refractivity contribution in [2.45, 2.75) is 25.0 Å². The van der Waals surface area contributed by atoms with E-state index in [4.69, 9.17) is 0 Å². The van der Waals surface area contributed by atoms with Crippen LogP contribution >= 0.6 is 11.8 Å². The topological polar surface area (TPSA) is 67.2 Å². The van der Waals surface area contributed by atoms with Gasteiger partial charge in [0.05, 0.1) is 5.75 Å². The van der Waals surface area contributed by atoms with E-state index in [1.807, 2.05) is 51.9 Å². The first-order valence-corrected chi connectivity index (χ1v) is 13.3. The average Bonchev–Trinajstić information content (AvgIpc) is 3.21. The zero-order valence-corrected chi connectivity index (χ0v) is 21.3. The summed E-state index contributed by atoms with van der Waals surface area (Å²) in [5.41, 5.74) is 4.49. The van der Waals surface area contributed by atoms with Crippen molar-refractivity contribution in [3.63, 3.8) is 0 Å². The number of carbonyl (C=O) groups is 1. The third-order valence-electron chi connectivity index (χ3n) is 6.38. The minimum absolute atomic E-state index is 0.144. The number of amides is 1. The molecule has 1 amide bonds. The molecule has 184 valence electrons. The number of aromatic nitrogens is 4. The number of nitrogens with zero attached hydrogens (tertiary/aromatic N) is 6. The van der Waals surface area contributed by atoms with E-state index in [0.29, 0.717) is 10.9 Å². The van der Waals surface area contributed by atoms with Crippen molar-refractivity contribution in [2.24, 2.45) is 0 Å². The first-order chi connectivity index (χ1) is 17.7. The first kappa shape index (κ1) is 24.2. The maximum atomic E-state index is 13.2. The van der Waals surface area contributed by atoms with Gasteiger partial charge < -0.3 is 4.90 Å². The molecule has 0 saturated carbocycles. The Morgan fingerprint density at radius 3 is 2.44 bits per heavy atom. The lowest BCUT2D eigenvalue weighted by Gasteiger charge is -2.22. The van der Waals surface area contributed by atoms with Gasteiger partial charge in [0.15, 0.2) is 11.0 Å². The predicted octanol–water partition coefficient (Wildman–Crippen LogP) is 4.46. The Balaban J connectivity index is 1.24. The van der Waals surface area contributed by atoms with Crippen LogP contribution in [0.4, 0.5) is 0 Å². The fraction of sp³-hybridized carbons (Fsp3) is 0.286. The molecule has 0 spiro atoms. The van der Waals surface area contributed by atoms with Crippen molar-refractivity contribution in [1.82, 2.24) is 29.5 Å². The minimum Gasteiger partial charge on any atom is -0.341 e. The molecule has 0 atom stereocenters. The number of benzene rings is 2. The maximum Gasteiger partial charge on any atom is 0.233 e. The molecule has 7 nitrogen and oxygen atoms in total. The molecule has 2 aromatic carbocycles. The normalized spacial score (nSPS) is 14.5. The smallest absolute Gasteiger partial charge is 0.233 e. The summed E-state index contributed by atoms with van der Waals surface area (Å²) < 4.78 is 2.01. The minimum atomic E-state index is 0.144. The molecule has 5 rings (SSSR count). The number of rotatable bonds is 7. The van der Waals surface area contributed by atoms with Gasteiger partial charge >= 0.3 is 0 Å². The van der Waals surface area contributed by atoms with Crippen LogP contribution in [0, 0.1) is 6.92 Å². The Bertz CT molecular complexity index is 1280. The zero-order valence-electron chi connectivity index (χ0n) is 20.5. The van der Waals surface area contributed by atoms with Crippen LogP contribution < -0.4 is 0 Å². The number of aryl methyl sites for hydroxylation is 1. The number of thioether (sulfide) groups is 1. The highest BCUT2D eigenvalue weighted by Gasteiger charge is 2.22. The van der Waals surface area contributed by atoms with Crippen LogP contribution in [0.3, 0.4) is 0 Å². The van der Waals surface area contributed by atoms with Crippen molar-refractivity contribution in [3.8, 4) is 17.1 Å². The van der Waals surface area contributed by atoms with Crippen LogP contribution in [0.15, 0.2) is 84.3 Å². The molecular formula is C28H30N6OS. The molecule has 1 fully saturated rings. The van der Waals surface area contributed by atoms with Gasteiger partial charge in [-0.05, 0) is 43.2 Å². The molecule has 4 aromatic rings. The van der Waals surface area contributed by atoms with Crippen LogP contribution in [0.1, 0.15) is 17.5 Å². The van der Waals surface area contributed by atoms with Gasteiger partial charge in [0, 0.05) is 56.4 Å². The zero-order chi connectivity index (χ0) is 24.7. The van der Waals surface area contributed by atoms with Gasteiger partial charge in [0.25, 0.3) is 0 Å². The number of carbonyl (C=O) groups excluding carboxylic acids is 1. The largest absolute Gasteiger partial charge is 0.341 e. The predicted molar refractivity (Wildman–Crippen MR) is 143 cm³/mol. The molecule has 8 heteroatoms.